The lowest BCUT2D eigenvalue weighted by molar-refractivity contribution is 0.111. The maximum Gasteiger partial charge on any atom is 0.153 e. The van der Waals surface area contributed by atoms with Crippen LogP contribution in [0.4, 0.5) is 4.39 Å². The minimum Gasteiger partial charge on any atom is -0.496 e. The molecular weight excluding hydrogens is 231 g/mol. The molecule has 1 saturated carbocycles. The Bertz CT molecular complexity index is 421. The molecule has 0 N–H and O–H groups in total. The highest BCUT2D eigenvalue weighted by molar-refractivity contribution is 5.76. The van der Waals surface area contributed by atoms with Gasteiger partial charge in [-0.1, -0.05) is 25.7 Å². The third-order valence-corrected chi connectivity index (χ3v) is 3.78. The summed E-state index contributed by atoms with van der Waals surface area (Å²) in [5.41, 5.74) is 0.735. The van der Waals surface area contributed by atoms with E-state index in [1.54, 1.807) is 13.2 Å². The molecule has 0 atom stereocenters. The molecule has 0 amide bonds. The highest BCUT2D eigenvalue weighted by Gasteiger charge is 2.23. The van der Waals surface area contributed by atoms with E-state index in [1.807, 2.05) is 0 Å². The minimum absolute atomic E-state index is 0.134. The SMILES string of the molecule is COc1ccc(C=O)c(F)c1C1CCCCCC1. The van der Waals surface area contributed by atoms with Gasteiger partial charge in [-0.25, -0.2) is 4.39 Å². The monoisotopic (exact) mass is 250 g/mol. The molecular formula is C15H19FO2. The minimum atomic E-state index is -0.392. The topological polar surface area (TPSA) is 26.3 Å². The number of methoxy groups -OCH3 is 1. The molecule has 0 saturated heterocycles. The first-order chi connectivity index (χ1) is 8.77. The molecule has 0 aliphatic heterocycles. The van der Waals surface area contributed by atoms with Crippen LogP contribution >= 0.6 is 0 Å². The summed E-state index contributed by atoms with van der Waals surface area (Å²) in [6.07, 6.45) is 7.22. The van der Waals surface area contributed by atoms with Crippen LogP contribution in [0.25, 0.3) is 0 Å². The van der Waals surface area contributed by atoms with Crippen LogP contribution in [0.3, 0.4) is 0 Å². The van der Waals surface area contributed by atoms with Crippen LogP contribution in [0.2, 0.25) is 0 Å². The number of hydrogen-bond donors (Lipinski definition) is 0. The first kappa shape index (κ1) is 13.1. The first-order valence-electron chi connectivity index (χ1n) is 6.59. The van der Waals surface area contributed by atoms with E-state index in [9.17, 15) is 9.18 Å². The molecule has 1 aromatic carbocycles. The van der Waals surface area contributed by atoms with Gasteiger partial charge in [0.15, 0.2) is 6.29 Å². The zero-order chi connectivity index (χ0) is 13.0. The van der Waals surface area contributed by atoms with Gasteiger partial charge in [0.1, 0.15) is 11.6 Å². The molecule has 18 heavy (non-hydrogen) atoms. The van der Waals surface area contributed by atoms with Gasteiger partial charge in [-0.05, 0) is 30.9 Å². The van der Waals surface area contributed by atoms with Crippen LogP contribution in [0.1, 0.15) is 60.4 Å². The molecule has 0 bridgehead atoms. The lowest BCUT2D eigenvalue weighted by Gasteiger charge is -2.19. The van der Waals surface area contributed by atoms with Gasteiger partial charge < -0.3 is 4.74 Å². The number of carbonyl (C=O) groups excluding carboxylic acids is 1. The van der Waals surface area contributed by atoms with Crippen molar-refractivity contribution < 1.29 is 13.9 Å². The summed E-state index contributed by atoms with van der Waals surface area (Å²) < 4.78 is 19.6. The van der Waals surface area contributed by atoms with Gasteiger partial charge in [-0.15, -0.1) is 0 Å². The third-order valence-electron chi connectivity index (χ3n) is 3.78. The standard InChI is InChI=1S/C15H19FO2/c1-18-13-9-8-12(10-17)15(16)14(13)11-6-4-2-3-5-7-11/h8-11H,2-7H2,1H3. The summed E-state index contributed by atoms with van der Waals surface area (Å²) in [4.78, 5) is 10.8. The van der Waals surface area contributed by atoms with Crippen LogP contribution < -0.4 is 4.74 Å². The van der Waals surface area contributed by atoms with E-state index in [0.717, 1.165) is 25.7 Å². The zero-order valence-corrected chi connectivity index (χ0v) is 10.7. The summed E-state index contributed by atoms with van der Waals surface area (Å²) in [5, 5.41) is 0. The van der Waals surface area contributed by atoms with Crippen LogP contribution in [0.15, 0.2) is 12.1 Å². The molecule has 1 fully saturated rings. The summed E-state index contributed by atoms with van der Waals surface area (Å²) in [5.74, 6) is 0.364. The highest BCUT2D eigenvalue weighted by Crippen LogP contribution is 2.38. The Hall–Kier alpha value is -1.38. The summed E-state index contributed by atoms with van der Waals surface area (Å²) in [7, 11) is 1.55. The summed E-state index contributed by atoms with van der Waals surface area (Å²) in [6, 6.07) is 3.19. The second kappa shape index (κ2) is 5.98. The second-order valence-electron chi connectivity index (χ2n) is 4.89. The number of ether oxygens (including phenoxy) is 1. The number of aldehydes is 1. The molecule has 0 spiro atoms. The van der Waals surface area contributed by atoms with Crippen molar-refractivity contribution in [2.45, 2.75) is 44.4 Å². The average molecular weight is 250 g/mol. The predicted octanol–water partition coefficient (Wildman–Crippen LogP) is 4.08. The van der Waals surface area contributed by atoms with Crippen LogP contribution in [-0.4, -0.2) is 13.4 Å². The molecule has 0 radical (unpaired) electrons. The lowest BCUT2D eigenvalue weighted by Crippen LogP contribution is -2.06. The van der Waals surface area contributed by atoms with Crippen LogP contribution in [-0.2, 0) is 0 Å². The fraction of sp³-hybridized carbons (Fsp3) is 0.533. The lowest BCUT2D eigenvalue weighted by atomic mass is 9.89. The van der Waals surface area contributed by atoms with Crippen molar-refractivity contribution in [3.63, 3.8) is 0 Å². The molecule has 0 heterocycles. The quantitative estimate of drug-likeness (QED) is 0.596. The average Bonchev–Trinajstić information content (AvgIpc) is 2.67. The Kier molecular flexibility index (Phi) is 4.34. The van der Waals surface area contributed by atoms with E-state index in [2.05, 4.69) is 0 Å². The molecule has 2 rings (SSSR count). The van der Waals surface area contributed by atoms with E-state index >= 15 is 0 Å². The smallest absolute Gasteiger partial charge is 0.153 e. The highest BCUT2D eigenvalue weighted by atomic mass is 19.1. The van der Waals surface area contributed by atoms with Gasteiger partial charge in [0.2, 0.25) is 0 Å². The number of hydrogen-bond acceptors (Lipinski definition) is 2. The Balaban J connectivity index is 2.41. The normalized spacial score (nSPS) is 17.2. The van der Waals surface area contributed by atoms with Crippen molar-refractivity contribution in [1.29, 1.82) is 0 Å². The Morgan fingerprint density at radius 2 is 1.89 bits per heavy atom. The molecule has 1 aliphatic carbocycles. The molecule has 1 aliphatic rings. The zero-order valence-electron chi connectivity index (χ0n) is 10.7. The Morgan fingerprint density at radius 3 is 2.44 bits per heavy atom. The molecule has 1 aromatic rings. The fourth-order valence-electron chi connectivity index (χ4n) is 2.81. The summed E-state index contributed by atoms with van der Waals surface area (Å²) in [6.45, 7) is 0. The second-order valence-corrected chi connectivity index (χ2v) is 4.89. The molecule has 3 heteroatoms. The Morgan fingerprint density at radius 1 is 1.22 bits per heavy atom. The number of carbonyl (C=O) groups is 1. The molecule has 2 nitrogen and oxygen atoms in total. The first-order valence-corrected chi connectivity index (χ1v) is 6.59. The van der Waals surface area contributed by atoms with Gasteiger partial charge in [0, 0.05) is 5.56 Å². The fourth-order valence-corrected chi connectivity index (χ4v) is 2.81. The molecule has 98 valence electrons. The van der Waals surface area contributed by atoms with Crippen molar-refractivity contribution in [3.05, 3.63) is 29.1 Å². The van der Waals surface area contributed by atoms with Crippen LogP contribution in [0, 0.1) is 5.82 Å². The van der Waals surface area contributed by atoms with Crippen LogP contribution in [0.5, 0.6) is 5.75 Å². The maximum atomic E-state index is 14.3. The Labute approximate surface area is 107 Å². The summed E-state index contributed by atoms with van der Waals surface area (Å²) >= 11 is 0. The van der Waals surface area contributed by atoms with E-state index in [-0.39, 0.29) is 11.5 Å². The van der Waals surface area contributed by atoms with Crippen molar-refractivity contribution in [2.24, 2.45) is 0 Å². The number of benzene rings is 1. The van der Waals surface area contributed by atoms with E-state index in [4.69, 9.17) is 4.74 Å². The van der Waals surface area contributed by atoms with Gasteiger partial charge in [-0.3, -0.25) is 4.79 Å². The predicted molar refractivity (Wildman–Crippen MR) is 68.8 cm³/mol. The van der Waals surface area contributed by atoms with E-state index in [1.165, 1.54) is 18.9 Å². The van der Waals surface area contributed by atoms with Crippen molar-refractivity contribution in [1.82, 2.24) is 0 Å². The maximum absolute atomic E-state index is 14.3. The third kappa shape index (κ3) is 2.55. The number of halogens is 1. The van der Waals surface area contributed by atoms with Gasteiger partial charge in [0.25, 0.3) is 0 Å². The van der Waals surface area contributed by atoms with Gasteiger partial charge in [-0.2, -0.15) is 0 Å². The van der Waals surface area contributed by atoms with Gasteiger partial charge >= 0.3 is 0 Å². The number of rotatable bonds is 3. The van der Waals surface area contributed by atoms with Crippen molar-refractivity contribution in [3.8, 4) is 5.75 Å². The van der Waals surface area contributed by atoms with Crippen molar-refractivity contribution in [2.75, 3.05) is 7.11 Å². The van der Waals surface area contributed by atoms with Gasteiger partial charge in [0.05, 0.1) is 12.7 Å². The van der Waals surface area contributed by atoms with Crippen molar-refractivity contribution >= 4 is 6.29 Å². The largest absolute Gasteiger partial charge is 0.496 e. The van der Waals surface area contributed by atoms with E-state index in [0.29, 0.717) is 17.6 Å². The molecule has 0 aromatic heterocycles. The van der Waals surface area contributed by atoms with E-state index < -0.39 is 5.82 Å². The molecule has 0 unspecified atom stereocenters.